The molecule has 3 saturated heterocycles. The number of hydrogen-bond acceptors (Lipinski definition) is 3. The van der Waals surface area contributed by atoms with E-state index in [0.29, 0.717) is 25.0 Å². The molecule has 3 aromatic rings. The lowest BCUT2D eigenvalue weighted by Crippen LogP contribution is -2.67. The summed E-state index contributed by atoms with van der Waals surface area (Å²) in [6.07, 6.45) is 3.07. The third kappa shape index (κ3) is 4.97. The average Bonchev–Trinajstić information content (AvgIpc) is 2.93. The third-order valence-corrected chi connectivity index (χ3v) is 8.49. The Hall–Kier alpha value is -3.16. The van der Waals surface area contributed by atoms with E-state index in [1.807, 2.05) is 30.5 Å². The second kappa shape index (κ2) is 10.5. The molecular weight excluding hydrogens is 489 g/mol. The van der Waals surface area contributed by atoms with Crippen LogP contribution in [0.3, 0.4) is 0 Å². The molecule has 7 heteroatoms. The summed E-state index contributed by atoms with van der Waals surface area (Å²) in [5.74, 6) is 1.62. The van der Waals surface area contributed by atoms with Crippen molar-refractivity contribution in [3.8, 4) is 5.75 Å². The molecular formula is C31H34F3N2O2+. The number of quaternary nitrogens is 1. The molecule has 5 atom stereocenters. The van der Waals surface area contributed by atoms with Gasteiger partial charge >= 0.3 is 6.18 Å². The van der Waals surface area contributed by atoms with Crippen LogP contribution >= 0.6 is 0 Å². The molecule has 2 bridgehead atoms. The van der Waals surface area contributed by atoms with Gasteiger partial charge in [0, 0.05) is 35.9 Å². The molecule has 38 heavy (non-hydrogen) atoms. The smallest absolute Gasteiger partial charge is 0.416 e. The normalized spacial score (nSPS) is 25.7. The fraction of sp³-hybridized carbons (Fsp3) is 0.387. The lowest BCUT2D eigenvalue weighted by molar-refractivity contribution is -0.985. The van der Waals surface area contributed by atoms with Gasteiger partial charge in [0.05, 0.1) is 37.9 Å². The second-order valence-electron chi connectivity index (χ2n) is 10.6. The van der Waals surface area contributed by atoms with Gasteiger partial charge in [0.1, 0.15) is 24.4 Å². The van der Waals surface area contributed by atoms with Crippen LogP contribution < -0.4 is 4.74 Å². The van der Waals surface area contributed by atoms with Gasteiger partial charge in [-0.2, -0.15) is 13.2 Å². The van der Waals surface area contributed by atoms with Crippen molar-refractivity contribution in [2.45, 2.75) is 37.7 Å². The van der Waals surface area contributed by atoms with Crippen LogP contribution in [0.5, 0.6) is 5.75 Å². The van der Waals surface area contributed by atoms with Gasteiger partial charge in [-0.3, -0.25) is 4.98 Å². The van der Waals surface area contributed by atoms with Gasteiger partial charge in [-0.05, 0) is 47.9 Å². The van der Waals surface area contributed by atoms with Crippen molar-refractivity contribution in [1.82, 2.24) is 4.98 Å². The van der Waals surface area contributed by atoms with E-state index in [9.17, 15) is 13.2 Å². The highest BCUT2D eigenvalue weighted by Crippen LogP contribution is 2.49. The summed E-state index contributed by atoms with van der Waals surface area (Å²) in [4.78, 5) is 4.57. The van der Waals surface area contributed by atoms with Crippen LogP contribution in [0.15, 0.2) is 80.0 Å². The topological polar surface area (TPSA) is 31.4 Å². The predicted octanol–water partition coefficient (Wildman–Crippen LogP) is 7.12. The zero-order valence-corrected chi connectivity index (χ0v) is 21.7. The molecule has 0 N–H and O–H groups in total. The molecule has 2 unspecified atom stereocenters. The number of rotatable bonds is 9. The van der Waals surface area contributed by atoms with E-state index in [2.05, 4.69) is 24.2 Å². The van der Waals surface area contributed by atoms with Crippen molar-refractivity contribution >= 4 is 10.9 Å². The van der Waals surface area contributed by atoms with Gasteiger partial charge in [0.25, 0.3) is 0 Å². The van der Waals surface area contributed by atoms with Gasteiger partial charge in [-0.1, -0.05) is 24.3 Å². The summed E-state index contributed by atoms with van der Waals surface area (Å²) in [6, 6.07) is 13.6. The highest BCUT2D eigenvalue weighted by atomic mass is 19.4. The minimum atomic E-state index is -4.35. The molecule has 3 aliphatic rings. The Morgan fingerprint density at radius 3 is 2.61 bits per heavy atom. The quantitative estimate of drug-likeness (QED) is 0.221. The molecule has 3 aliphatic heterocycles. The molecule has 0 radical (unpaired) electrons. The van der Waals surface area contributed by atoms with E-state index in [-0.39, 0.29) is 12.1 Å². The lowest BCUT2D eigenvalue weighted by atomic mass is 9.71. The molecule has 4 nitrogen and oxygen atoms in total. The molecule has 1 aromatic heterocycles. The average molecular weight is 524 g/mol. The van der Waals surface area contributed by atoms with E-state index < -0.39 is 11.7 Å². The fourth-order valence-electron chi connectivity index (χ4n) is 6.63. The Kier molecular flexibility index (Phi) is 7.34. The van der Waals surface area contributed by atoms with Crippen LogP contribution in [-0.4, -0.2) is 42.3 Å². The van der Waals surface area contributed by atoms with Crippen molar-refractivity contribution in [2.24, 2.45) is 11.8 Å². The van der Waals surface area contributed by atoms with Crippen molar-refractivity contribution < 1.29 is 27.1 Å². The first-order chi connectivity index (χ1) is 18.3. The van der Waals surface area contributed by atoms with Crippen LogP contribution in [0.4, 0.5) is 13.2 Å². The number of nitrogens with zero attached hydrogens (tertiary/aromatic N) is 2. The van der Waals surface area contributed by atoms with Gasteiger partial charge < -0.3 is 14.0 Å². The van der Waals surface area contributed by atoms with E-state index in [1.165, 1.54) is 12.1 Å². The summed E-state index contributed by atoms with van der Waals surface area (Å²) in [6.45, 7) is 10.9. The van der Waals surface area contributed by atoms with Crippen LogP contribution in [0, 0.1) is 11.8 Å². The number of aromatic nitrogens is 1. The summed E-state index contributed by atoms with van der Waals surface area (Å²) in [5.41, 5.74) is 2.19. The number of benzene rings is 2. The Morgan fingerprint density at radius 1 is 1.13 bits per heavy atom. The molecule has 0 aliphatic carbocycles. The Morgan fingerprint density at radius 2 is 1.92 bits per heavy atom. The summed E-state index contributed by atoms with van der Waals surface area (Å²) >= 11 is 0. The molecule has 200 valence electrons. The summed E-state index contributed by atoms with van der Waals surface area (Å²) in [5, 5.41) is 0.983. The molecule has 6 rings (SSSR count). The highest BCUT2D eigenvalue weighted by molar-refractivity contribution is 5.84. The maximum atomic E-state index is 13.2. The summed E-state index contributed by atoms with van der Waals surface area (Å²) < 4.78 is 52.5. The SMILES string of the molecule is C=CCO[C@H](c1ccnc2ccc(OC)cc12)[C@@H]1C[C@@H]2CC[N+]1(Cc1ccc(C(F)(F)F)cc1)CC2C=C. The minimum Gasteiger partial charge on any atom is -0.497 e. The van der Waals surface area contributed by atoms with Crippen molar-refractivity contribution in [1.29, 1.82) is 0 Å². The molecule has 0 amide bonds. The Balaban J connectivity index is 1.58. The van der Waals surface area contributed by atoms with Gasteiger partial charge in [-0.25, -0.2) is 0 Å². The van der Waals surface area contributed by atoms with Crippen LogP contribution in [0.25, 0.3) is 10.9 Å². The maximum Gasteiger partial charge on any atom is 0.416 e. The van der Waals surface area contributed by atoms with E-state index in [4.69, 9.17) is 9.47 Å². The fourth-order valence-corrected chi connectivity index (χ4v) is 6.63. The highest BCUT2D eigenvalue weighted by Gasteiger charge is 2.54. The number of halogens is 3. The number of piperidine rings is 3. The number of ether oxygens (including phenoxy) is 2. The molecule has 0 saturated carbocycles. The zero-order valence-electron chi connectivity index (χ0n) is 21.7. The zero-order chi connectivity index (χ0) is 26.9. The van der Waals surface area contributed by atoms with Gasteiger partial charge in [0.15, 0.2) is 0 Å². The predicted molar refractivity (Wildman–Crippen MR) is 143 cm³/mol. The molecule has 4 heterocycles. The molecule has 3 fully saturated rings. The monoisotopic (exact) mass is 523 g/mol. The maximum absolute atomic E-state index is 13.2. The Bertz CT molecular complexity index is 1310. The van der Waals surface area contributed by atoms with Crippen molar-refractivity contribution in [3.05, 3.63) is 96.7 Å². The lowest BCUT2D eigenvalue weighted by Gasteiger charge is -2.58. The molecule has 2 aromatic carbocycles. The standard InChI is InChI=1S/C31H34F3N2O2/c1-4-16-38-30(26-12-14-35-28-11-10-25(37-3)18-27(26)28)29-17-23-13-15-36(29,20-22(23)5-2)19-21-6-8-24(9-7-21)31(32,33)34/h4-12,14,18,22-23,29-30H,1-2,13,15-17,19-20H2,3H3/q+1/t22?,23-,29-,30+,36?/m0/s1. The summed E-state index contributed by atoms with van der Waals surface area (Å²) in [7, 11) is 1.65. The largest absolute Gasteiger partial charge is 0.497 e. The van der Waals surface area contributed by atoms with E-state index in [1.54, 1.807) is 25.3 Å². The van der Waals surface area contributed by atoms with Gasteiger partial charge in [-0.15, -0.1) is 13.2 Å². The van der Waals surface area contributed by atoms with Crippen LogP contribution in [0.2, 0.25) is 0 Å². The van der Waals surface area contributed by atoms with Gasteiger partial charge in [0.2, 0.25) is 0 Å². The number of methoxy groups -OCH3 is 1. The Labute approximate surface area is 222 Å². The van der Waals surface area contributed by atoms with Crippen LogP contribution in [-0.2, 0) is 17.5 Å². The second-order valence-corrected chi connectivity index (χ2v) is 10.6. The van der Waals surface area contributed by atoms with Crippen molar-refractivity contribution in [3.63, 3.8) is 0 Å². The number of fused-ring (bicyclic) bond motifs is 4. The minimum absolute atomic E-state index is 0.115. The van der Waals surface area contributed by atoms with Crippen molar-refractivity contribution in [2.75, 3.05) is 26.8 Å². The third-order valence-electron chi connectivity index (χ3n) is 8.49. The number of pyridine rings is 1. The number of hydrogen-bond donors (Lipinski definition) is 0. The first-order valence-corrected chi connectivity index (χ1v) is 13.1. The first kappa shape index (κ1) is 26.4. The van der Waals surface area contributed by atoms with E-state index in [0.717, 1.165) is 58.2 Å². The molecule has 0 spiro atoms. The van der Waals surface area contributed by atoms with Crippen LogP contribution in [0.1, 0.15) is 35.6 Å². The first-order valence-electron chi connectivity index (χ1n) is 13.1. The van der Waals surface area contributed by atoms with E-state index >= 15 is 0 Å². The number of alkyl halides is 3.